The summed E-state index contributed by atoms with van der Waals surface area (Å²) < 4.78 is 2.05. The van der Waals surface area contributed by atoms with E-state index in [0.29, 0.717) is 6.04 Å². The van der Waals surface area contributed by atoms with Crippen molar-refractivity contribution in [1.29, 1.82) is 0 Å². The van der Waals surface area contributed by atoms with Crippen molar-refractivity contribution in [3.63, 3.8) is 0 Å². The fourth-order valence-electron chi connectivity index (χ4n) is 2.03. The Kier molecular flexibility index (Phi) is 1.97. The number of likely N-dealkylation sites (tertiary alicyclic amines) is 1. The van der Waals surface area contributed by atoms with Gasteiger partial charge in [0.2, 0.25) is 0 Å². The molecule has 2 aromatic heterocycles. The van der Waals surface area contributed by atoms with E-state index in [1.54, 1.807) is 0 Å². The molecule has 0 saturated carbocycles. The van der Waals surface area contributed by atoms with Crippen molar-refractivity contribution >= 4 is 5.65 Å². The molecule has 0 atom stereocenters. The number of hydrogen-bond donors (Lipinski definition) is 1. The number of fused-ring (bicyclic) bond motifs is 1. The summed E-state index contributed by atoms with van der Waals surface area (Å²) in [5.41, 5.74) is 7.86. The second kappa shape index (κ2) is 3.32. The summed E-state index contributed by atoms with van der Waals surface area (Å²) in [6, 6.07) is 6.40. The Hall–Kier alpha value is -1.39. The van der Waals surface area contributed by atoms with E-state index in [-0.39, 0.29) is 0 Å². The van der Waals surface area contributed by atoms with Gasteiger partial charge in [-0.2, -0.15) is 0 Å². The van der Waals surface area contributed by atoms with Crippen LogP contribution in [-0.2, 0) is 6.54 Å². The van der Waals surface area contributed by atoms with Crippen molar-refractivity contribution in [1.82, 2.24) is 14.3 Å². The zero-order valence-electron chi connectivity index (χ0n) is 8.50. The molecule has 0 spiro atoms. The fourth-order valence-corrected chi connectivity index (χ4v) is 2.03. The van der Waals surface area contributed by atoms with Crippen LogP contribution in [0.1, 0.15) is 5.69 Å². The molecule has 1 saturated heterocycles. The molecule has 1 aliphatic heterocycles. The smallest absolute Gasteiger partial charge is 0.137 e. The number of rotatable bonds is 2. The number of aromatic nitrogens is 2. The second-order valence-corrected chi connectivity index (χ2v) is 4.15. The van der Waals surface area contributed by atoms with Gasteiger partial charge in [-0.25, -0.2) is 4.98 Å². The maximum Gasteiger partial charge on any atom is 0.137 e. The Morgan fingerprint density at radius 3 is 3.00 bits per heavy atom. The molecule has 0 aromatic carbocycles. The SMILES string of the molecule is NC1CN(Cc2cn3ccccc3n2)C1. The van der Waals surface area contributed by atoms with E-state index < -0.39 is 0 Å². The molecule has 3 heterocycles. The van der Waals surface area contributed by atoms with Crippen LogP contribution in [0.15, 0.2) is 30.6 Å². The largest absolute Gasteiger partial charge is 0.325 e. The summed E-state index contributed by atoms with van der Waals surface area (Å²) in [7, 11) is 0. The quantitative estimate of drug-likeness (QED) is 0.770. The maximum absolute atomic E-state index is 5.73. The predicted molar refractivity (Wildman–Crippen MR) is 58.4 cm³/mol. The first kappa shape index (κ1) is 8.88. The van der Waals surface area contributed by atoms with Crippen LogP contribution < -0.4 is 5.73 Å². The van der Waals surface area contributed by atoms with Crippen molar-refractivity contribution in [3.05, 3.63) is 36.3 Å². The lowest BCUT2D eigenvalue weighted by atomic mass is 10.1. The lowest BCUT2D eigenvalue weighted by Crippen LogP contribution is -2.54. The molecule has 4 nitrogen and oxygen atoms in total. The molecule has 2 N–H and O–H groups in total. The van der Waals surface area contributed by atoms with Gasteiger partial charge in [0.1, 0.15) is 5.65 Å². The van der Waals surface area contributed by atoms with Crippen LogP contribution in [0.25, 0.3) is 5.65 Å². The number of nitrogens with zero attached hydrogens (tertiary/aromatic N) is 3. The molecule has 3 rings (SSSR count). The molecule has 0 bridgehead atoms. The third-order valence-corrected chi connectivity index (χ3v) is 2.78. The standard InChI is InChI=1S/C11H14N4/c12-9-5-14(6-9)7-10-8-15-4-2-1-3-11(15)13-10/h1-4,8-9H,5-7,12H2. The predicted octanol–water partition coefficient (Wildman–Crippen LogP) is 0.477. The normalized spacial score (nSPS) is 18.2. The van der Waals surface area contributed by atoms with Gasteiger partial charge in [0.25, 0.3) is 0 Å². The lowest BCUT2D eigenvalue weighted by molar-refractivity contribution is 0.141. The summed E-state index contributed by atoms with van der Waals surface area (Å²) in [4.78, 5) is 6.85. The van der Waals surface area contributed by atoms with Gasteiger partial charge in [0.15, 0.2) is 0 Å². The van der Waals surface area contributed by atoms with Gasteiger partial charge in [-0.1, -0.05) is 6.07 Å². The van der Waals surface area contributed by atoms with Crippen LogP contribution in [0, 0.1) is 0 Å². The van der Waals surface area contributed by atoms with Crippen molar-refractivity contribution in [2.24, 2.45) is 5.73 Å². The first-order chi connectivity index (χ1) is 7.31. The minimum absolute atomic E-state index is 0.363. The minimum Gasteiger partial charge on any atom is -0.325 e. The Morgan fingerprint density at radius 2 is 2.27 bits per heavy atom. The second-order valence-electron chi connectivity index (χ2n) is 4.15. The Morgan fingerprint density at radius 1 is 1.40 bits per heavy atom. The molecule has 1 aliphatic rings. The van der Waals surface area contributed by atoms with E-state index in [4.69, 9.17) is 5.73 Å². The number of nitrogens with two attached hydrogens (primary N) is 1. The highest BCUT2D eigenvalue weighted by Gasteiger charge is 2.23. The highest BCUT2D eigenvalue weighted by molar-refractivity contribution is 5.39. The Balaban J connectivity index is 1.80. The van der Waals surface area contributed by atoms with Crippen LogP contribution in [0.5, 0.6) is 0 Å². The molecular formula is C11H14N4. The average molecular weight is 202 g/mol. The van der Waals surface area contributed by atoms with E-state index >= 15 is 0 Å². The van der Waals surface area contributed by atoms with Gasteiger partial charge in [-0.3, -0.25) is 4.90 Å². The summed E-state index contributed by atoms with van der Waals surface area (Å²) in [5.74, 6) is 0. The summed E-state index contributed by atoms with van der Waals surface area (Å²) in [6.45, 7) is 2.90. The van der Waals surface area contributed by atoms with Crippen LogP contribution in [0.2, 0.25) is 0 Å². The maximum atomic E-state index is 5.73. The van der Waals surface area contributed by atoms with E-state index in [1.165, 1.54) is 0 Å². The Bertz CT molecular complexity index is 437. The van der Waals surface area contributed by atoms with Crippen molar-refractivity contribution < 1.29 is 0 Å². The molecule has 2 aromatic rings. The third kappa shape index (κ3) is 1.62. The molecule has 0 amide bonds. The van der Waals surface area contributed by atoms with Gasteiger partial charge in [0.05, 0.1) is 5.69 Å². The highest BCUT2D eigenvalue weighted by Crippen LogP contribution is 2.12. The molecule has 15 heavy (non-hydrogen) atoms. The van der Waals surface area contributed by atoms with Gasteiger partial charge >= 0.3 is 0 Å². The highest BCUT2D eigenvalue weighted by atomic mass is 15.2. The average Bonchev–Trinajstić information content (AvgIpc) is 2.57. The van der Waals surface area contributed by atoms with Gasteiger partial charge < -0.3 is 10.1 Å². The van der Waals surface area contributed by atoms with Crippen LogP contribution in [-0.4, -0.2) is 33.4 Å². The molecule has 4 heteroatoms. The first-order valence-corrected chi connectivity index (χ1v) is 5.22. The van der Waals surface area contributed by atoms with Crippen molar-refractivity contribution in [2.75, 3.05) is 13.1 Å². The van der Waals surface area contributed by atoms with Crippen LogP contribution >= 0.6 is 0 Å². The van der Waals surface area contributed by atoms with Gasteiger partial charge in [-0.15, -0.1) is 0 Å². The third-order valence-electron chi connectivity index (χ3n) is 2.78. The van der Waals surface area contributed by atoms with E-state index in [9.17, 15) is 0 Å². The molecule has 0 radical (unpaired) electrons. The van der Waals surface area contributed by atoms with E-state index in [0.717, 1.165) is 31.0 Å². The Labute approximate surface area is 88.3 Å². The molecule has 1 fully saturated rings. The van der Waals surface area contributed by atoms with Crippen molar-refractivity contribution in [3.8, 4) is 0 Å². The summed E-state index contributed by atoms with van der Waals surface area (Å²) >= 11 is 0. The summed E-state index contributed by atoms with van der Waals surface area (Å²) in [5, 5.41) is 0. The van der Waals surface area contributed by atoms with Gasteiger partial charge in [-0.05, 0) is 12.1 Å². The molecular weight excluding hydrogens is 188 g/mol. The van der Waals surface area contributed by atoms with Crippen molar-refractivity contribution in [2.45, 2.75) is 12.6 Å². The van der Waals surface area contributed by atoms with Crippen LogP contribution in [0.4, 0.5) is 0 Å². The zero-order chi connectivity index (χ0) is 10.3. The monoisotopic (exact) mass is 202 g/mol. The minimum atomic E-state index is 0.363. The topological polar surface area (TPSA) is 46.6 Å². The van der Waals surface area contributed by atoms with Crippen LogP contribution in [0.3, 0.4) is 0 Å². The van der Waals surface area contributed by atoms with E-state index in [2.05, 4.69) is 20.5 Å². The van der Waals surface area contributed by atoms with E-state index in [1.807, 2.05) is 24.4 Å². The lowest BCUT2D eigenvalue weighted by Gasteiger charge is -2.36. The number of pyridine rings is 1. The fraction of sp³-hybridized carbons (Fsp3) is 0.364. The zero-order valence-corrected chi connectivity index (χ0v) is 8.50. The molecule has 0 unspecified atom stereocenters. The molecule has 78 valence electrons. The number of imidazole rings is 1. The van der Waals surface area contributed by atoms with Gasteiger partial charge in [0, 0.05) is 38.1 Å². The molecule has 0 aliphatic carbocycles. The first-order valence-electron chi connectivity index (χ1n) is 5.22. The number of hydrogen-bond acceptors (Lipinski definition) is 3. The summed E-state index contributed by atoms with van der Waals surface area (Å²) in [6.07, 6.45) is 4.10.